The fraction of sp³-hybridized carbons (Fsp3) is 0.417. The molecule has 0 fully saturated rings. The molecule has 33 heavy (non-hydrogen) atoms. The molecule has 0 saturated carbocycles. The highest BCUT2D eigenvalue weighted by Gasteiger charge is 2.35. The Bertz CT molecular complexity index is 1020. The van der Waals surface area contributed by atoms with Gasteiger partial charge in [-0.15, -0.1) is 0 Å². The quantitative estimate of drug-likeness (QED) is 0.222. The lowest BCUT2D eigenvalue weighted by Crippen LogP contribution is -2.11. The number of alkyl halides is 3. The maximum absolute atomic E-state index is 14.3. The number of aromatic nitrogens is 2. The van der Waals surface area contributed by atoms with Crippen molar-refractivity contribution in [3.8, 4) is 17.0 Å². The molecule has 2 aromatic heterocycles. The van der Waals surface area contributed by atoms with E-state index in [-0.39, 0.29) is 28.9 Å². The van der Waals surface area contributed by atoms with Crippen molar-refractivity contribution in [2.24, 2.45) is 5.92 Å². The molecule has 0 saturated heterocycles. The second kappa shape index (κ2) is 11.4. The van der Waals surface area contributed by atoms with Crippen molar-refractivity contribution in [1.29, 1.82) is 0 Å². The zero-order chi connectivity index (χ0) is 23.8. The summed E-state index contributed by atoms with van der Waals surface area (Å²) in [4.78, 5) is 8.11. The minimum Gasteiger partial charge on any atom is -0.493 e. The number of anilines is 2. The van der Waals surface area contributed by atoms with E-state index in [0.29, 0.717) is 17.9 Å². The van der Waals surface area contributed by atoms with Gasteiger partial charge in [-0.05, 0) is 42.7 Å². The molecule has 1 aromatic carbocycles. The number of unbranched alkanes of at least 4 members (excludes halogenated alkanes) is 2. The van der Waals surface area contributed by atoms with Gasteiger partial charge in [0.2, 0.25) is 5.13 Å². The highest BCUT2D eigenvalue weighted by atomic mass is 32.1. The topological polar surface area (TPSA) is 47.0 Å². The highest BCUT2D eigenvalue weighted by Crippen LogP contribution is 2.39. The van der Waals surface area contributed by atoms with Crippen LogP contribution in [0, 0.1) is 11.0 Å². The first kappa shape index (κ1) is 25.0. The van der Waals surface area contributed by atoms with Crippen LogP contribution in [0.25, 0.3) is 11.3 Å². The number of halogens is 4. The number of ether oxygens (including phenoxy) is 1. The SMILES string of the molecule is CCCCC[C@@H](C)CCOc1ccc(Nc2nc(-c3cccnc3)c(F)s2)cc1C(F)(F)F. The molecule has 1 N–H and O–H groups in total. The minimum absolute atomic E-state index is 0.0969. The number of hydrogen-bond acceptors (Lipinski definition) is 5. The van der Waals surface area contributed by atoms with E-state index < -0.39 is 16.9 Å². The summed E-state index contributed by atoms with van der Waals surface area (Å²) in [5.74, 6) is 0.177. The average Bonchev–Trinajstić information content (AvgIpc) is 3.14. The third-order valence-electron chi connectivity index (χ3n) is 5.23. The second-order valence-electron chi connectivity index (χ2n) is 7.95. The van der Waals surface area contributed by atoms with E-state index in [4.69, 9.17) is 4.74 Å². The van der Waals surface area contributed by atoms with E-state index in [2.05, 4.69) is 29.1 Å². The number of nitrogens with one attached hydrogen (secondary N) is 1. The lowest BCUT2D eigenvalue weighted by Gasteiger charge is -2.17. The summed E-state index contributed by atoms with van der Waals surface area (Å²) in [6, 6.07) is 7.04. The molecule has 178 valence electrons. The van der Waals surface area contributed by atoms with Crippen LogP contribution in [-0.2, 0) is 6.18 Å². The molecule has 0 bridgehead atoms. The third kappa shape index (κ3) is 7.15. The number of pyridine rings is 1. The molecule has 0 spiro atoms. The Kier molecular flexibility index (Phi) is 8.66. The Labute approximate surface area is 195 Å². The van der Waals surface area contributed by atoms with Gasteiger partial charge in [0, 0.05) is 23.6 Å². The summed E-state index contributed by atoms with van der Waals surface area (Å²) >= 11 is 0.717. The number of thiazole rings is 1. The predicted molar refractivity (Wildman–Crippen MR) is 123 cm³/mol. The smallest absolute Gasteiger partial charge is 0.420 e. The minimum atomic E-state index is -4.59. The third-order valence-corrected chi connectivity index (χ3v) is 5.98. The molecular weight excluding hydrogens is 454 g/mol. The van der Waals surface area contributed by atoms with Crippen LogP contribution in [0.5, 0.6) is 5.75 Å². The van der Waals surface area contributed by atoms with Crippen molar-refractivity contribution in [2.45, 2.75) is 52.1 Å². The largest absolute Gasteiger partial charge is 0.493 e. The van der Waals surface area contributed by atoms with Crippen molar-refractivity contribution in [2.75, 3.05) is 11.9 Å². The lowest BCUT2D eigenvalue weighted by molar-refractivity contribution is -0.138. The Balaban J connectivity index is 1.70. The maximum atomic E-state index is 14.3. The first-order chi connectivity index (χ1) is 15.8. The first-order valence-electron chi connectivity index (χ1n) is 11.0. The van der Waals surface area contributed by atoms with Crippen LogP contribution >= 0.6 is 11.3 Å². The molecule has 0 amide bonds. The van der Waals surface area contributed by atoms with Gasteiger partial charge in [-0.1, -0.05) is 50.9 Å². The Morgan fingerprint density at radius 2 is 1.97 bits per heavy atom. The molecule has 0 aliphatic carbocycles. The molecule has 0 radical (unpaired) electrons. The summed E-state index contributed by atoms with van der Waals surface area (Å²) in [6.07, 6.45) is 3.58. The van der Waals surface area contributed by atoms with Gasteiger partial charge < -0.3 is 10.1 Å². The van der Waals surface area contributed by atoms with E-state index in [1.807, 2.05) is 0 Å². The zero-order valence-corrected chi connectivity index (χ0v) is 19.4. The van der Waals surface area contributed by atoms with E-state index in [9.17, 15) is 17.6 Å². The predicted octanol–water partition coefficient (Wildman–Crippen LogP) is 8.09. The Morgan fingerprint density at radius 3 is 2.67 bits per heavy atom. The zero-order valence-electron chi connectivity index (χ0n) is 18.6. The molecular formula is C24H27F4N3OS. The van der Waals surface area contributed by atoms with Crippen molar-refractivity contribution in [3.05, 3.63) is 53.4 Å². The Morgan fingerprint density at radius 1 is 1.15 bits per heavy atom. The summed E-state index contributed by atoms with van der Waals surface area (Å²) in [7, 11) is 0. The molecule has 0 aliphatic rings. The second-order valence-corrected chi connectivity index (χ2v) is 8.90. The number of rotatable bonds is 11. The fourth-order valence-electron chi connectivity index (χ4n) is 3.37. The maximum Gasteiger partial charge on any atom is 0.420 e. The van der Waals surface area contributed by atoms with Gasteiger partial charge in [-0.3, -0.25) is 4.98 Å². The molecule has 2 heterocycles. The van der Waals surface area contributed by atoms with E-state index >= 15 is 0 Å². The van der Waals surface area contributed by atoms with E-state index in [0.717, 1.165) is 43.1 Å². The number of nitrogens with zero attached hydrogens (tertiary/aromatic N) is 2. The van der Waals surface area contributed by atoms with Crippen LogP contribution in [0.4, 0.5) is 28.4 Å². The van der Waals surface area contributed by atoms with Crippen LogP contribution in [0.3, 0.4) is 0 Å². The van der Waals surface area contributed by atoms with Crippen LogP contribution in [0.2, 0.25) is 0 Å². The van der Waals surface area contributed by atoms with Crippen molar-refractivity contribution < 1.29 is 22.3 Å². The number of hydrogen-bond donors (Lipinski definition) is 1. The molecule has 3 rings (SSSR count). The van der Waals surface area contributed by atoms with Crippen LogP contribution in [0.15, 0.2) is 42.7 Å². The summed E-state index contributed by atoms with van der Waals surface area (Å²) in [5.41, 5.74) is -0.146. The molecule has 0 aliphatic heterocycles. The monoisotopic (exact) mass is 481 g/mol. The van der Waals surface area contributed by atoms with Crippen molar-refractivity contribution in [3.63, 3.8) is 0 Å². The highest BCUT2D eigenvalue weighted by molar-refractivity contribution is 7.14. The molecule has 9 heteroatoms. The summed E-state index contributed by atoms with van der Waals surface area (Å²) in [5, 5.41) is 2.37. The average molecular weight is 482 g/mol. The van der Waals surface area contributed by atoms with Gasteiger partial charge in [0.05, 0.1) is 12.2 Å². The molecule has 0 unspecified atom stereocenters. The van der Waals surface area contributed by atoms with Gasteiger partial charge in [-0.25, -0.2) is 4.98 Å². The van der Waals surface area contributed by atoms with Crippen molar-refractivity contribution in [1.82, 2.24) is 9.97 Å². The van der Waals surface area contributed by atoms with Gasteiger partial charge in [-0.2, -0.15) is 17.6 Å². The van der Waals surface area contributed by atoms with Gasteiger partial charge >= 0.3 is 6.18 Å². The molecule has 3 aromatic rings. The lowest BCUT2D eigenvalue weighted by atomic mass is 10.0. The van der Waals surface area contributed by atoms with Crippen LogP contribution < -0.4 is 10.1 Å². The fourth-order valence-corrected chi connectivity index (χ4v) is 4.11. The van der Waals surface area contributed by atoms with E-state index in [1.165, 1.54) is 18.3 Å². The van der Waals surface area contributed by atoms with Crippen molar-refractivity contribution >= 4 is 22.2 Å². The summed E-state index contributed by atoms with van der Waals surface area (Å²) < 4.78 is 60.8. The van der Waals surface area contributed by atoms with E-state index in [1.54, 1.807) is 18.3 Å². The molecule has 4 nitrogen and oxygen atoms in total. The van der Waals surface area contributed by atoms with Crippen LogP contribution in [-0.4, -0.2) is 16.6 Å². The van der Waals surface area contributed by atoms with Crippen LogP contribution in [0.1, 0.15) is 51.5 Å². The Hall–Kier alpha value is -2.68. The standard InChI is InChI=1S/C24H27F4N3OS/c1-3-4-5-7-16(2)11-13-32-20-10-9-18(14-19(20)24(26,27)28)30-23-31-21(22(25)33-23)17-8-6-12-29-15-17/h6,8-10,12,14-16H,3-5,7,11,13H2,1-2H3,(H,30,31)/t16-/m1/s1. The summed E-state index contributed by atoms with van der Waals surface area (Å²) in [6.45, 7) is 4.44. The molecule has 1 atom stereocenters. The van der Waals surface area contributed by atoms with Gasteiger partial charge in [0.25, 0.3) is 0 Å². The van der Waals surface area contributed by atoms with Gasteiger partial charge in [0.15, 0.2) is 5.13 Å². The van der Waals surface area contributed by atoms with Gasteiger partial charge in [0.1, 0.15) is 11.4 Å². The first-order valence-corrected chi connectivity index (χ1v) is 11.8. The number of benzene rings is 1. The normalized spacial score (nSPS) is 12.5.